The van der Waals surface area contributed by atoms with E-state index in [0.29, 0.717) is 22.8 Å². The van der Waals surface area contributed by atoms with Crippen molar-refractivity contribution in [3.8, 4) is 17.2 Å². The van der Waals surface area contributed by atoms with Gasteiger partial charge in [0.25, 0.3) is 0 Å². The Balaban J connectivity index is 1.93. The van der Waals surface area contributed by atoms with Crippen LogP contribution in [0.25, 0.3) is 0 Å². The molecule has 0 saturated heterocycles. The SMILES string of the molecule is COc1ccc([C@@H](CC(=O)O)NC(=O)CCOc2ccccc2OC)cc1. The number of rotatable bonds is 10. The van der Waals surface area contributed by atoms with E-state index < -0.39 is 12.0 Å². The van der Waals surface area contributed by atoms with Gasteiger partial charge in [0, 0.05) is 0 Å². The van der Waals surface area contributed by atoms with Gasteiger partial charge in [0.2, 0.25) is 5.91 Å². The molecule has 0 aromatic heterocycles. The van der Waals surface area contributed by atoms with Gasteiger partial charge in [0.05, 0.1) is 39.7 Å². The van der Waals surface area contributed by atoms with Gasteiger partial charge in [-0.1, -0.05) is 24.3 Å². The molecule has 7 nitrogen and oxygen atoms in total. The normalized spacial score (nSPS) is 11.3. The summed E-state index contributed by atoms with van der Waals surface area (Å²) in [5.41, 5.74) is 0.692. The van der Waals surface area contributed by atoms with Gasteiger partial charge in [-0.05, 0) is 29.8 Å². The highest BCUT2D eigenvalue weighted by Crippen LogP contribution is 2.26. The molecule has 0 aliphatic carbocycles. The Labute approximate surface area is 157 Å². The van der Waals surface area contributed by atoms with Crippen molar-refractivity contribution in [2.45, 2.75) is 18.9 Å². The molecule has 2 N–H and O–H groups in total. The van der Waals surface area contributed by atoms with Crippen LogP contribution in [0.15, 0.2) is 48.5 Å². The molecule has 1 atom stereocenters. The maximum absolute atomic E-state index is 12.2. The first-order chi connectivity index (χ1) is 13.0. The molecule has 0 fully saturated rings. The average molecular weight is 373 g/mol. The average Bonchev–Trinajstić information content (AvgIpc) is 2.67. The predicted octanol–water partition coefficient (Wildman–Crippen LogP) is 2.80. The summed E-state index contributed by atoms with van der Waals surface area (Å²) in [5, 5.41) is 11.9. The van der Waals surface area contributed by atoms with Crippen LogP contribution in [-0.2, 0) is 9.59 Å². The minimum atomic E-state index is -0.999. The second-order valence-electron chi connectivity index (χ2n) is 5.74. The number of carbonyl (C=O) groups is 2. The van der Waals surface area contributed by atoms with Gasteiger partial charge in [-0.2, -0.15) is 0 Å². The van der Waals surface area contributed by atoms with Crippen LogP contribution in [0.2, 0.25) is 0 Å². The molecule has 0 spiro atoms. The molecule has 0 saturated carbocycles. The smallest absolute Gasteiger partial charge is 0.305 e. The second kappa shape index (κ2) is 10.1. The molecule has 7 heteroatoms. The Morgan fingerprint density at radius 1 is 1.00 bits per heavy atom. The third-order valence-corrected chi connectivity index (χ3v) is 3.89. The third-order valence-electron chi connectivity index (χ3n) is 3.89. The van der Waals surface area contributed by atoms with Crippen LogP contribution in [0.5, 0.6) is 17.2 Å². The van der Waals surface area contributed by atoms with Gasteiger partial charge < -0.3 is 24.6 Å². The minimum Gasteiger partial charge on any atom is -0.497 e. The summed E-state index contributed by atoms with van der Waals surface area (Å²) in [6, 6.07) is 13.4. The number of para-hydroxylation sites is 2. The molecule has 2 aromatic rings. The minimum absolute atomic E-state index is 0.0876. The molecular weight excluding hydrogens is 350 g/mol. The molecule has 0 heterocycles. The first kappa shape index (κ1) is 20.1. The van der Waals surface area contributed by atoms with Crippen LogP contribution in [0, 0.1) is 0 Å². The van der Waals surface area contributed by atoms with Crippen molar-refractivity contribution in [1.29, 1.82) is 0 Å². The number of aliphatic carboxylic acids is 1. The largest absolute Gasteiger partial charge is 0.497 e. The van der Waals surface area contributed by atoms with Crippen LogP contribution >= 0.6 is 0 Å². The molecule has 2 rings (SSSR count). The van der Waals surface area contributed by atoms with Crippen molar-refractivity contribution in [3.05, 3.63) is 54.1 Å². The Morgan fingerprint density at radius 2 is 1.67 bits per heavy atom. The first-order valence-corrected chi connectivity index (χ1v) is 8.44. The molecule has 0 radical (unpaired) electrons. The van der Waals surface area contributed by atoms with Gasteiger partial charge in [-0.3, -0.25) is 9.59 Å². The Hall–Kier alpha value is -3.22. The number of ether oxygens (including phenoxy) is 3. The van der Waals surface area contributed by atoms with E-state index in [2.05, 4.69) is 5.32 Å². The zero-order chi connectivity index (χ0) is 19.6. The van der Waals surface area contributed by atoms with Crippen LogP contribution in [0.4, 0.5) is 0 Å². The maximum Gasteiger partial charge on any atom is 0.305 e. The van der Waals surface area contributed by atoms with E-state index in [4.69, 9.17) is 19.3 Å². The fourth-order valence-electron chi connectivity index (χ4n) is 2.52. The van der Waals surface area contributed by atoms with Gasteiger partial charge in [-0.15, -0.1) is 0 Å². The fraction of sp³-hybridized carbons (Fsp3) is 0.300. The van der Waals surface area contributed by atoms with E-state index in [0.717, 1.165) is 0 Å². The van der Waals surface area contributed by atoms with E-state index in [1.165, 1.54) is 0 Å². The number of carbonyl (C=O) groups excluding carboxylic acids is 1. The quantitative estimate of drug-likeness (QED) is 0.665. The molecular formula is C20H23NO6. The fourth-order valence-corrected chi connectivity index (χ4v) is 2.52. The van der Waals surface area contributed by atoms with Gasteiger partial charge >= 0.3 is 5.97 Å². The zero-order valence-electron chi connectivity index (χ0n) is 15.3. The Bertz CT molecular complexity index is 759. The third kappa shape index (κ3) is 6.22. The molecule has 0 aliphatic heterocycles. The summed E-state index contributed by atoms with van der Waals surface area (Å²) in [6.45, 7) is 0.147. The van der Waals surface area contributed by atoms with Crippen LogP contribution in [0.1, 0.15) is 24.4 Å². The maximum atomic E-state index is 12.2. The molecule has 0 unspecified atom stereocenters. The van der Waals surface area contributed by atoms with Crippen molar-refractivity contribution >= 4 is 11.9 Å². The number of benzene rings is 2. The second-order valence-corrected chi connectivity index (χ2v) is 5.74. The van der Waals surface area contributed by atoms with Crippen molar-refractivity contribution in [2.24, 2.45) is 0 Å². The topological polar surface area (TPSA) is 94.1 Å². The highest BCUT2D eigenvalue weighted by Gasteiger charge is 2.18. The van der Waals surface area contributed by atoms with Crippen LogP contribution in [-0.4, -0.2) is 37.8 Å². The van der Waals surface area contributed by atoms with E-state index in [9.17, 15) is 9.59 Å². The zero-order valence-corrected chi connectivity index (χ0v) is 15.3. The molecule has 144 valence electrons. The number of hydrogen-bond acceptors (Lipinski definition) is 5. The monoisotopic (exact) mass is 373 g/mol. The molecule has 2 aromatic carbocycles. The number of nitrogens with one attached hydrogen (secondary N) is 1. The number of amides is 1. The van der Waals surface area contributed by atoms with Gasteiger partial charge in [0.15, 0.2) is 11.5 Å². The predicted molar refractivity (Wildman–Crippen MR) is 99.2 cm³/mol. The number of methoxy groups -OCH3 is 2. The van der Waals surface area contributed by atoms with E-state index in [1.54, 1.807) is 50.6 Å². The van der Waals surface area contributed by atoms with Crippen molar-refractivity contribution < 1.29 is 28.9 Å². The lowest BCUT2D eigenvalue weighted by Gasteiger charge is -2.18. The number of hydrogen-bond donors (Lipinski definition) is 2. The highest BCUT2D eigenvalue weighted by atomic mass is 16.5. The van der Waals surface area contributed by atoms with Crippen LogP contribution in [0.3, 0.4) is 0 Å². The summed E-state index contributed by atoms with van der Waals surface area (Å²) < 4.78 is 15.9. The molecule has 27 heavy (non-hydrogen) atoms. The molecule has 0 aliphatic rings. The van der Waals surface area contributed by atoms with Gasteiger partial charge in [0.1, 0.15) is 5.75 Å². The van der Waals surface area contributed by atoms with Crippen molar-refractivity contribution in [2.75, 3.05) is 20.8 Å². The summed E-state index contributed by atoms with van der Waals surface area (Å²) in [5.74, 6) is 0.489. The summed E-state index contributed by atoms with van der Waals surface area (Å²) in [6.07, 6.45) is -0.129. The van der Waals surface area contributed by atoms with E-state index in [1.807, 2.05) is 12.1 Å². The number of carboxylic acids is 1. The number of carboxylic acid groups (broad SMARTS) is 1. The Morgan fingerprint density at radius 3 is 2.26 bits per heavy atom. The lowest BCUT2D eigenvalue weighted by molar-refractivity contribution is -0.137. The summed E-state index contributed by atoms with van der Waals surface area (Å²) >= 11 is 0. The first-order valence-electron chi connectivity index (χ1n) is 8.44. The highest BCUT2D eigenvalue weighted by molar-refractivity contribution is 5.78. The van der Waals surface area contributed by atoms with E-state index >= 15 is 0 Å². The lowest BCUT2D eigenvalue weighted by atomic mass is 10.0. The molecule has 1 amide bonds. The van der Waals surface area contributed by atoms with Crippen molar-refractivity contribution in [1.82, 2.24) is 5.32 Å². The molecule has 0 bridgehead atoms. The standard InChI is InChI=1S/C20H23NO6/c1-25-15-9-7-14(8-10-15)16(13-20(23)24)21-19(22)11-12-27-18-6-4-3-5-17(18)26-2/h3-10,16H,11-13H2,1-2H3,(H,21,22)(H,23,24)/t16-/m1/s1. The van der Waals surface area contributed by atoms with Gasteiger partial charge in [-0.25, -0.2) is 0 Å². The van der Waals surface area contributed by atoms with Crippen LogP contribution < -0.4 is 19.5 Å². The van der Waals surface area contributed by atoms with Crippen molar-refractivity contribution in [3.63, 3.8) is 0 Å². The Kier molecular flexibility index (Phi) is 7.49. The van der Waals surface area contributed by atoms with E-state index in [-0.39, 0.29) is 25.4 Å². The summed E-state index contributed by atoms with van der Waals surface area (Å²) in [7, 11) is 3.09. The lowest BCUT2D eigenvalue weighted by Crippen LogP contribution is -2.31. The summed E-state index contributed by atoms with van der Waals surface area (Å²) in [4.78, 5) is 23.4.